The van der Waals surface area contributed by atoms with Gasteiger partial charge in [0.2, 0.25) is 5.82 Å². The lowest BCUT2D eigenvalue weighted by Crippen LogP contribution is -2.39. The number of nitrogens with one attached hydrogen (secondary N) is 2. The first-order valence-corrected chi connectivity index (χ1v) is 15.0. The van der Waals surface area contributed by atoms with Crippen LogP contribution in [0.4, 0.5) is 35.4 Å². The smallest absolute Gasteiger partial charge is 0.449 e. The standard InChI is InChI=1S/C31H39F3N6O3/c1-20(2)19-42-30(41)38-24-10-5-9-23(14-24)27-17-37-29(43-27)39-26-11-4-3-8-22(26)13-21-7-6-12-40(18-21)25-15-35-28(36-16-25)31(32,33)34/h5,9-10,14-17,20-22,26H,3-4,6-8,11-13,18-19H2,1-2H3,(H,37,39)(H,38,41)/t21-,22+,26-/m1/s1. The van der Waals surface area contributed by atoms with Crippen LogP contribution in [0.2, 0.25) is 0 Å². The van der Waals surface area contributed by atoms with Crippen molar-refractivity contribution in [2.75, 3.05) is 35.2 Å². The Morgan fingerprint density at radius 3 is 2.65 bits per heavy atom. The van der Waals surface area contributed by atoms with E-state index in [-0.39, 0.29) is 12.0 Å². The number of hydrogen-bond donors (Lipinski definition) is 2. The van der Waals surface area contributed by atoms with Crippen molar-refractivity contribution in [2.24, 2.45) is 17.8 Å². The van der Waals surface area contributed by atoms with E-state index in [1.54, 1.807) is 12.3 Å². The van der Waals surface area contributed by atoms with Crippen molar-refractivity contribution < 1.29 is 27.1 Å². The summed E-state index contributed by atoms with van der Waals surface area (Å²) < 4.78 is 50.0. The molecule has 9 nitrogen and oxygen atoms in total. The fourth-order valence-corrected chi connectivity index (χ4v) is 6.01. The van der Waals surface area contributed by atoms with Crippen LogP contribution in [-0.4, -0.2) is 46.8 Å². The number of ether oxygens (including phenoxy) is 1. The van der Waals surface area contributed by atoms with Crippen LogP contribution >= 0.6 is 0 Å². The maximum Gasteiger partial charge on any atom is 0.451 e. The van der Waals surface area contributed by atoms with Crippen LogP contribution in [0, 0.1) is 17.8 Å². The number of carbonyl (C=O) groups is 1. The molecule has 1 aliphatic carbocycles. The molecular weight excluding hydrogens is 561 g/mol. The van der Waals surface area contributed by atoms with Crippen LogP contribution in [0.3, 0.4) is 0 Å². The number of alkyl halides is 3. The monoisotopic (exact) mass is 600 g/mol. The van der Waals surface area contributed by atoms with Gasteiger partial charge in [0.05, 0.1) is 30.9 Å². The molecule has 2 aromatic heterocycles. The first-order chi connectivity index (χ1) is 20.6. The maximum atomic E-state index is 12.9. The summed E-state index contributed by atoms with van der Waals surface area (Å²) in [5.74, 6) is 0.590. The van der Waals surface area contributed by atoms with Crippen molar-refractivity contribution in [3.8, 4) is 11.3 Å². The van der Waals surface area contributed by atoms with E-state index in [0.717, 1.165) is 57.2 Å². The Kier molecular flexibility index (Phi) is 9.72. The Morgan fingerprint density at radius 2 is 1.88 bits per heavy atom. The first-order valence-electron chi connectivity index (χ1n) is 15.0. The van der Waals surface area contributed by atoms with E-state index >= 15 is 0 Å². The van der Waals surface area contributed by atoms with E-state index in [9.17, 15) is 18.0 Å². The number of aromatic nitrogens is 3. The van der Waals surface area contributed by atoms with Gasteiger partial charge < -0.3 is 19.4 Å². The Morgan fingerprint density at radius 1 is 1.09 bits per heavy atom. The van der Waals surface area contributed by atoms with Crippen molar-refractivity contribution >= 4 is 23.5 Å². The lowest BCUT2D eigenvalue weighted by molar-refractivity contribution is -0.145. The summed E-state index contributed by atoms with van der Waals surface area (Å²) in [7, 11) is 0. The number of amides is 1. The molecule has 2 fully saturated rings. The fourth-order valence-electron chi connectivity index (χ4n) is 6.01. The quantitative estimate of drug-likeness (QED) is 0.258. The van der Waals surface area contributed by atoms with Crippen LogP contribution in [0.1, 0.15) is 64.6 Å². The Bertz CT molecular complexity index is 1350. The van der Waals surface area contributed by atoms with Crippen LogP contribution in [0.15, 0.2) is 47.3 Å². The largest absolute Gasteiger partial charge is 0.451 e. The minimum atomic E-state index is -4.54. The minimum absolute atomic E-state index is 0.216. The lowest BCUT2D eigenvalue weighted by atomic mass is 9.77. The van der Waals surface area contributed by atoms with Crippen LogP contribution < -0.4 is 15.5 Å². The molecular formula is C31H39F3N6O3. The number of halogens is 3. The number of anilines is 3. The Labute approximate surface area is 249 Å². The lowest BCUT2D eigenvalue weighted by Gasteiger charge is -2.38. The van der Waals surface area contributed by atoms with Gasteiger partial charge in [-0.15, -0.1) is 0 Å². The van der Waals surface area contributed by atoms with Gasteiger partial charge in [0, 0.05) is 30.4 Å². The molecule has 2 aliphatic rings. The van der Waals surface area contributed by atoms with Crippen molar-refractivity contribution in [1.29, 1.82) is 0 Å². The van der Waals surface area contributed by atoms with Crippen molar-refractivity contribution in [3.05, 3.63) is 48.7 Å². The van der Waals surface area contributed by atoms with E-state index < -0.39 is 18.1 Å². The average molecular weight is 601 g/mol. The van der Waals surface area contributed by atoms with Crippen molar-refractivity contribution in [3.63, 3.8) is 0 Å². The van der Waals surface area contributed by atoms with Gasteiger partial charge in [0.15, 0.2) is 5.76 Å². The zero-order valence-corrected chi connectivity index (χ0v) is 24.6. The number of carbonyl (C=O) groups excluding carboxylic acids is 1. The normalized spacial score (nSPS) is 21.1. The van der Waals surface area contributed by atoms with Gasteiger partial charge in [-0.3, -0.25) is 5.32 Å². The van der Waals surface area contributed by atoms with E-state index in [0.29, 0.717) is 41.6 Å². The molecule has 232 valence electrons. The zero-order valence-electron chi connectivity index (χ0n) is 24.6. The highest BCUT2D eigenvalue weighted by Gasteiger charge is 2.35. The van der Waals surface area contributed by atoms with E-state index in [1.807, 2.05) is 32.0 Å². The Balaban J connectivity index is 1.18. The molecule has 1 saturated carbocycles. The highest BCUT2D eigenvalue weighted by molar-refractivity contribution is 5.85. The molecule has 1 aliphatic heterocycles. The topological polar surface area (TPSA) is 105 Å². The molecule has 43 heavy (non-hydrogen) atoms. The summed E-state index contributed by atoms with van der Waals surface area (Å²) in [6.07, 6.45) is 6.71. The highest BCUT2D eigenvalue weighted by Crippen LogP contribution is 2.36. The average Bonchev–Trinajstić information content (AvgIpc) is 3.46. The zero-order chi connectivity index (χ0) is 30.4. The highest BCUT2D eigenvalue weighted by atomic mass is 19.4. The summed E-state index contributed by atoms with van der Waals surface area (Å²) in [6.45, 7) is 5.86. The summed E-state index contributed by atoms with van der Waals surface area (Å²) in [4.78, 5) is 25.8. The third kappa shape index (κ3) is 8.39. The molecule has 3 atom stereocenters. The number of nitrogens with zero attached hydrogens (tertiary/aromatic N) is 4. The molecule has 0 spiro atoms. The fraction of sp³-hybridized carbons (Fsp3) is 0.548. The predicted octanol–water partition coefficient (Wildman–Crippen LogP) is 7.63. The molecule has 1 saturated heterocycles. The summed E-state index contributed by atoms with van der Waals surface area (Å²) in [5, 5.41) is 6.29. The molecule has 3 aromatic rings. The molecule has 0 unspecified atom stereocenters. The summed E-state index contributed by atoms with van der Waals surface area (Å²) >= 11 is 0. The molecule has 1 aromatic carbocycles. The number of piperidine rings is 1. The summed E-state index contributed by atoms with van der Waals surface area (Å²) in [5.41, 5.74) is 2.03. The first kappa shape index (κ1) is 30.6. The van der Waals surface area contributed by atoms with Gasteiger partial charge >= 0.3 is 12.3 Å². The van der Waals surface area contributed by atoms with Gasteiger partial charge in [-0.1, -0.05) is 38.8 Å². The Hall–Kier alpha value is -3.83. The van der Waals surface area contributed by atoms with E-state index in [4.69, 9.17) is 9.15 Å². The van der Waals surface area contributed by atoms with Gasteiger partial charge in [-0.25, -0.2) is 19.7 Å². The van der Waals surface area contributed by atoms with Gasteiger partial charge in [0.25, 0.3) is 6.01 Å². The van der Waals surface area contributed by atoms with Crippen LogP contribution in [-0.2, 0) is 10.9 Å². The van der Waals surface area contributed by atoms with Crippen LogP contribution in [0.5, 0.6) is 0 Å². The molecule has 0 radical (unpaired) electrons. The van der Waals surface area contributed by atoms with Crippen molar-refractivity contribution in [2.45, 2.75) is 71.0 Å². The third-order valence-corrected chi connectivity index (χ3v) is 8.08. The number of oxazole rings is 1. The van der Waals surface area contributed by atoms with Gasteiger partial charge in [-0.05, 0) is 62.0 Å². The maximum absolute atomic E-state index is 12.9. The second-order valence-electron chi connectivity index (χ2n) is 12.0. The molecule has 3 heterocycles. The number of hydrogen-bond acceptors (Lipinski definition) is 8. The second kappa shape index (κ2) is 13.6. The van der Waals surface area contributed by atoms with E-state index in [1.165, 1.54) is 18.8 Å². The third-order valence-electron chi connectivity index (χ3n) is 8.08. The molecule has 2 N–H and O–H groups in total. The van der Waals surface area contributed by atoms with Crippen molar-refractivity contribution in [1.82, 2.24) is 15.0 Å². The van der Waals surface area contributed by atoms with Gasteiger partial charge in [0.1, 0.15) is 0 Å². The number of rotatable bonds is 9. The predicted molar refractivity (Wildman–Crippen MR) is 158 cm³/mol. The molecule has 0 bridgehead atoms. The minimum Gasteiger partial charge on any atom is -0.449 e. The SMILES string of the molecule is CC(C)COC(=O)Nc1cccc(-c2cnc(N[C@@H]3CCCC[C@H]3C[C@H]3CCCN(c4cnc(C(F)(F)F)nc4)C3)o2)c1. The second-order valence-corrected chi connectivity index (χ2v) is 12.0. The van der Waals surface area contributed by atoms with Gasteiger partial charge in [-0.2, -0.15) is 13.2 Å². The van der Waals surface area contributed by atoms with Crippen LogP contribution in [0.25, 0.3) is 11.3 Å². The molecule has 5 rings (SSSR count). The van der Waals surface area contributed by atoms with E-state index in [2.05, 4.69) is 30.5 Å². The molecule has 12 heteroatoms. The number of benzene rings is 1. The molecule has 1 amide bonds. The summed E-state index contributed by atoms with van der Waals surface area (Å²) in [6, 6.07) is 8.03.